The molecule has 0 atom stereocenters. The number of hydrogen-bond donors (Lipinski definition) is 3. The number of nitrogens with one attached hydrogen (secondary N) is 1. The van der Waals surface area contributed by atoms with Gasteiger partial charge in [0, 0.05) is 55.3 Å². The molecule has 1 saturated heterocycles. The van der Waals surface area contributed by atoms with E-state index in [1.165, 1.54) is 12.1 Å². The molecule has 1 aliphatic rings. The van der Waals surface area contributed by atoms with E-state index >= 15 is 0 Å². The van der Waals surface area contributed by atoms with Crippen LogP contribution >= 0.6 is 0 Å². The molecule has 0 spiro atoms. The van der Waals surface area contributed by atoms with E-state index in [1.54, 1.807) is 24.5 Å². The van der Waals surface area contributed by atoms with E-state index in [2.05, 4.69) is 15.3 Å². The van der Waals surface area contributed by atoms with Crippen molar-refractivity contribution in [2.45, 2.75) is 31.4 Å². The van der Waals surface area contributed by atoms with Gasteiger partial charge >= 0.3 is 5.97 Å². The molecule has 32 heavy (non-hydrogen) atoms. The molecule has 3 N–H and O–H groups in total. The third-order valence-corrected chi connectivity index (χ3v) is 5.74. The van der Waals surface area contributed by atoms with E-state index in [0.29, 0.717) is 35.5 Å². The third kappa shape index (κ3) is 4.18. The van der Waals surface area contributed by atoms with Crippen LogP contribution in [-0.2, 0) is 11.3 Å². The van der Waals surface area contributed by atoms with Gasteiger partial charge in [0.1, 0.15) is 11.6 Å². The number of halogens is 3. The van der Waals surface area contributed by atoms with Crippen molar-refractivity contribution in [1.82, 2.24) is 9.97 Å². The number of aliphatic hydroxyl groups is 1. The van der Waals surface area contributed by atoms with Gasteiger partial charge in [0.2, 0.25) is 0 Å². The highest BCUT2D eigenvalue weighted by Gasteiger charge is 2.39. The van der Waals surface area contributed by atoms with Gasteiger partial charge in [-0.1, -0.05) is 18.2 Å². The van der Waals surface area contributed by atoms with Crippen LogP contribution < -0.4 is 10.2 Å². The summed E-state index contributed by atoms with van der Waals surface area (Å²) in [7, 11) is 0. The van der Waals surface area contributed by atoms with E-state index in [1.807, 2.05) is 4.90 Å². The van der Waals surface area contributed by atoms with Gasteiger partial charge in [-0.25, -0.2) is 22.9 Å². The number of rotatable bonds is 6. The lowest BCUT2D eigenvalue weighted by Crippen LogP contribution is -2.49. The van der Waals surface area contributed by atoms with Crippen molar-refractivity contribution in [2.24, 2.45) is 0 Å². The minimum absolute atomic E-state index is 0.00147. The summed E-state index contributed by atoms with van der Waals surface area (Å²) >= 11 is 0. The molecule has 3 aromatic rings. The Bertz CT molecular complexity index is 1150. The summed E-state index contributed by atoms with van der Waals surface area (Å²) in [6.45, 7) is 0.629. The van der Waals surface area contributed by atoms with Crippen molar-refractivity contribution in [2.75, 3.05) is 23.3 Å². The fourth-order valence-corrected chi connectivity index (χ4v) is 3.78. The predicted octanol–water partition coefficient (Wildman–Crippen LogP) is 3.73. The highest BCUT2D eigenvalue weighted by Crippen LogP contribution is 2.30. The van der Waals surface area contributed by atoms with Crippen LogP contribution in [0.2, 0.25) is 0 Å². The van der Waals surface area contributed by atoms with Crippen LogP contribution in [0.25, 0.3) is 10.9 Å². The quantitative estimate of drug-likeness (QED) is 0.531. The molecule has 0 unspecified atom stereocenters. The Kier molecular flexibility index (Phi) is 5.88. The Labute approximate surface area is 181 Å². The molecule has 0 radical (unpaired) electrons. The largest absolute Gasteiger partial charge is 0.479 e. The summed E-state index contributed by atoms with van der Waals surface area (Å²) in [5.41, 5.74) is -1.05. The van der Waals surface area contributed by atoms with Gasteiger partial charge in [0.05, 0.1) is 17.3 Å². The number of benzene rings is 1. The van der Waals surface area contributed by atoms with Crippen molar-refractivity contribution in [3.63, 3.8) is 0 Å². The number of nitrogens with zero attached hydrogens (tertiary/aromatic N) is 3. The standard InChI is InChI=1S/C22H21F3N4O3/c23-19-13(2-1-3-14(19)20(24)25)11-27-16-4-7-26-17-12-28-18(10-15(16)17)29-8-5-22(32,6-9-29)21(30)31/h1-4,7,10,12,20,32H,5-6,8-9,11H2,(H,26,27)(H,30,31). The summed E-state index contributed by atoms with van der Waals surface area (Å²) in [6.07, 6.45) is 0.381. The number of hydrogen-bond acceptors (Lipinski definition) is 6. The fraction of sp³-hybridized carbons (Fsp3) is 0.318. The Morgan fingerprint density at radius 3 is 2.66 bits per heavy atom. The SMILES string of the molecule is O=C(O)C1(O)CCN(c2cc3c(NCc4cccc(C(F)F)c4F)ccnc3cn2)CC1. The van der Waals surface area contributed by atoms with Crippen LogP contribution in [0.5, 0.6) is 0 Å². The average molecular weight is 446 g/mol. The number of aliphatic carboxylic acids is 1. The van der Waals surface area contributed by atoms with Gasteiger partial charge < -0.3 is 20.4 Å². The molecule has 1 aromatic carbocycles. The fourth-order valence-electron chi connectivity index (χ4n) is 3.78. The lowest BCUT2D eigenvalue weighted by molar-refractivity contribution is -0.160. The molecule has 10 heteroatoms. The molecule has 4 rings (SSSR count). The molecular weight excluding hydrogens is 425 g/mol. The molecule has 3 heterocycles. The van der Waals surface area contributed by atoms with Crippen molar-refractivity contribution in [3.05, 3.63) is 59.7 Å². The summed E-state index contributed by atoms with van der Waals surface area (Å²) in [4.78, 5) is 21.8. The lowest BCUT2D eigenvalue weighted by atomic mass is 9.91. The Hall–Kier alpha value is -3.40. The topological polar surface area (TPSA) is 98.6 Å². The van der Waals surface area contributed by atoms with Crippen molar-refractivity contribution >= 4 is 28.4 Å². The Morgan fingerprint density at radius 2 is 1.97 bits per heavy atom. The number of aromatic nitrogens is 2. The zero-order chi connectivity index (χ0) is 22.9. The van der Waals surface area contributed by atoms with Crippen LogP contribution in [0.3, 0.4) is 0 Å². The van der Waals surface area contributed by atoms with Gasteiger partial charge in [-0.05, 0) is 12.1 Å². The average Bonchev–Trinajstić information content (AvgIpc) is 2.78. The predicted molar refractivity (Wildman–Crippen MR) is 112 cm³/mol. The maximum atomic E-state index is 14.4. The molecule has 168 valence electrons. The smallest absolute Gasteiger partial charge is 0.335 e. The number of anilines is 2. The number of carboxylic acid groups (broad SMARTS) is 1. The van der Waals surface area contributed by atoms with Gasteiger partial charge in [-0.2, -0.15) is 0 Å². The minimum atomic E-state index is -2.89. The number of alkyl halides is 2. The molecule has 7 nitrogen and oxygen atoms in total. The van der Waals surface area contributed by atoms with E-state index < -0.39 is 29.4 Å². The Morgan fingerprint density at radius 1 is 1.22 bits per heavy atom. The zero-order valence-electron chi connectivity index (χ0n) is 16.9. The normalized spacial score (nSPS) is 15.8. The lowest BCUT2D eigenvalue weighted by Gasteiger charge is -2.36. The number of carbonyl (C=O) groups is 1. The van der Waals surface area contributed by atoms with Crippen molar-refractivity contribution in [1.29, 1.82) is 0 Å². The van der Waals surface area contributed by atoms with Crippen molar-refractivity contribution < 1.29 is 28.2 Å². The highest BCUT2D eigenvalue weighted by atomic mass is 19.3. The zero-order valence-corrected chi connectivity index (χ0v) is 16.9. The van der Waals surface area contributed by atoms with Gasteiger partial charge in [0.15, 0.2) is 5.60 Å². The molecule has 1 fully saturated rings. The summed E-state index contributed by atoms with van der Waals surface area (Å²) < 4.78 is 40.3. The number of carboxylic acids is 1. The van der Waals surface area contributed by atoms with E-state index in [9.17, 15) is 28.2 Å². The van der Waals surface area contributed by atoms with Crippen LogP contribution in [0, 0.1) is 5.82 Å². The second kappa shape index (κ2) is 8.62. The van der Waals surface area contributed by atoms with Crippen LogP contribution in [-0.4, -0.2) is 44.8 Å². The second-order valence-corrected chi connectivity index (χ2v) is 7.72. The molecular formula is C22H21F3N4O3. The first-order valence-corrected chi connectivity index (χ1v) is 10.0. The maximum absolute atomic E-state index is 14.4. The first-order valence-electron chi connectivity index (χ1n) is 10.0. The van der Waals surface area contributed by atoms with Gasteiger partial charge in [-0.15, -0.1) is 0 Å². The van der Waals surface area contributed by atoms with Gasteiger partial charge in [0.25, 0.3) is 6.43 Å². The molecule has 0 bridgehead atoms. The minimum Gasteiger partial charge on any atom is -0.479 e. The second-order valence-electron chi connectivity index (χ2n) is 7.72. The summed E-state index contributed by atoms with van der Waals surface area (Å²) in [5.74, 6) is -1.58. The third-order valence-electron chi connectivity index (χ3n) is 5.74. The number of fused-ring (bicyclic) bond motifs is 1. The summed E-state index contributed by atoms with van der Waals surface area (Å²) in [5, 5.41) is 23.1. The Balaban J connectivity index is 1.56. The van der Waals surface area contributed by atoms with Gasteiger partial charge in [-0.3, -0.25) is 4.98 Å². The molecule has 1 aliphatic heterocycles. The van der Waals surface area contributed by atoms with E-state index in [4.69, 9.17) is 0 Å². The number of piperidine rings is 1. The van der Waals surface area contributed by atoms with Crippen LogP contribution in [0.4, 0.5) is 24.7 Å². The molecule has 0 saturated carbocycles. The molecule has 0 aliphatic carbocycles. The molecule has 2 aromatic heterocycles. The highest BCUT2D eigenvalue weighted by molar-refractivity contribution is 5.92. The summed E-state index contributed by atoms with van der Waals surface area (Å²) in [6, 6.07) is 7.38. The van der Waals surface area contributed by atoms with Crippen LogP contribution in [0.1, 0.15) is 30.4 Å². The monoisotopic (exact) mass is 446 g/mol. The van der Waals surface area contributed by atoms with E-state index in [0.717, 1.165) is 6.07 Å². The van der Waals surface area contributed by atoms with Crippen LogP contribution in [0.15, 0.2) is 42.7 Å². The molecule has 0 amide bonds. The van der Waals surface area contributed by atoms with Crippen molar-refractivity contribution in [3.8, 4) is 0 Å². The first kappa shape index (κ1) is 21.8. The van der Waals surface area contributed by atoms with E-state index in [-0.39, 0.29) is 24.9 Å². The first-order chi connectivity index (χ1) is 15.3. The number of pyridine rings is 2. The maximum Gasteiger partial charge on any atom is 0.335 e.